The number of hydrogen-bond donors (Lipinski definition) is 1. The molecule has 1 aliphatic carbocycles. The van der Waals surface area contributed by atoms with E-state index in [1.54, 1.807) is 0 Å². The second kappa shape index (κ2) is 8.03. The lowest BCUT2D eigenvalue weighted by molar-refractivity contribution is -0.384. The van der Waals surface area contributed by atoms with E-state index >= 15 is 0 Å². The van der Waals surface area contributed by atoms with E-state index in [1.807, 2.05) is 11.8 Å². The van der Waals surface area contributed by atoms with Gasteiger partial charge in [-0.05, 0) is 18.9 Å². The van der Waals surface area contributed by atoms with Crippen molar-refractivity contribution in [1.29, 1.82) is 0 Å². The Kier molecular flexibility index (Phi) is 6.06. The fourth-order valence-corrected chi connectivity index (χ4v) is 3.75. The first-order chi connectivity index (χ1) is 10.6. The highest BCUT2D eigenvalue weighted by Crippen LogP contribution is 2.29. The van der Waals surface area contributed by atoms with Crippen LogP contribution in [0.1, 0.15) is 36.0 Å². The molecule has 0 saturated heterocycles. The number of ether oxygens (including phenoxy) is 1. The molecule has 0 aliphatic heterocycles. The number of nitro benzene ring substituents is 1. The number of thioether (sulfide) groups is 1. The zero-order chi connectivity index (χ0) is 15.9. The summed E-state index contributed by atoms with van der Waals surface area (Å²) in [5.41, 5.74) is 0.0776. The zero-order valence-corrected chi connectivity index (χ0v) is 13.4. The van der Waals surface area contributed by atoms with Gasteiger partial charge in [-0.25, -0.2) is 0 Å². The van der Waals surface area contributed by atoms with Crippen LogP contribution in [0.5, 0.6) is 5.75 Å². The molecule has 120 valence electrons. The third-order valence-corrected chi connectivity index (χ3v) is 5.06. The molecule has 1 aliphatic rings. The molecule has 6 nitrogen and oxygen atoms in total. The highest BCUT2D eigenvalue weighted by Gasteiger charge is 2.18. The van der Waals surface area contributed by atoms with Crippen molar-refractivity contribution in [2.75, 3.05) is 19.4 Å². The van der Waals surface area contributed by atoms with E-state index in [4.69, 9.17) is 4.74 Å². The summed E-state index contributed by atoms with van der Waals surface area (Å²) in [7, 11) is 1.44. The molecule has 2 rings (SSSR count). The molecule has 0 unspecified atom stereocenters. The Labute approximate surface area is 133 Å². The molecule has 7 heteroatoms. The number of non-ortho nitro benzene ring substituents is 1. The molecule has 0 heterocycles. The summed E-state index contributed by atoms with van der Waals surface area (Å²) < 4.78 is 5.10. The van der Waals surface area contributed by atoms with E-state index in [2.05, 4.69) is 5.32 Å². The molecule has 0 atom stereocenters. The van der Waals surface area contributed by atoms with Gasteiger partial charge in [0.15, 0.2) is 0 Å². The second-order valence-electron chi connectivity index (χ2n) is 5.17. The molecular formula is C15H20N2O4S. The minimum atomic E-state index is -0.522. The summed E-state index contributed by atoms with van der Waals surface area (Å²) in [4.78, 5) is 22.5. The maximum absolute atomic E-state index is 12.2. The number of methoxy groups -OCH3 is 1. The summed E-state index contributed by atoms with van der Waals surface area (Å²) in [6, 6.07) is 4.02. The van der Waals surface area contributed by atoms with Crippen LogP contribution in [0.15, 0.2) is 18.2 Å². The maximum atomic E-state index is 12.2. The minimum Gasteiger partial charge on any atom is -0.496 e. The Morgan fingerprint density at radius 3 is 2.82 bits per heavy atom. The molecule has 0 spiro atoms. The summed E-state index contributed by atoms with van der Waals surface area (Å²) in [5.74, 6) is 0.854. The fraction of sp³-hybridized carbons (Fsp3) is 0.533. The Morgan fingerprint density at radius 2 is 2.18 bits per heavy atom. The highest BCUT2D eigenvalue weighted by molar-refractivity contribution is 7.99. The summed E-state index contributed by atoms with van der Waals surface area (Å²) in [6.07, 6.45) is 5.12. The number of hydrogen-bond acceptors (Lipinski definition) is 5. The Bertz CT molecular complexity index is 544. The molecule has 22 heavy (non-hydrogen) atoms. The normalized spacial score (nSPS) is 14.8. The molecule has 1 aromatic rings. The topological polar surface area (TPSA) is 81.5 Å². The van der Waals surface area contributed by atoms with Crippen molar-refractivity contribution >= 4 is 23.4 Å². The van der Waals surface area contributed by atoms with Crippen molar-refractivity contribution in [3.63, 3.8) is 0 Å². The number of carbonyl (C=O) groups is 1. The average molecular weight is 324 g/mol. The molecule has 0 radical (unpaired) electrons. The molecule has 1 amide bonds. The molecule has 1 N–H and O–H groups in total. The SMILES string of the molecule is COc1ccc([N+](=O)[O-])cc1C(=O)NCCSC1CCCC1. The van der Waals surface area contributed by atoms with Crippen molar-refractivity contribution in [2.24, 2.45) is 0 Å². The van der Waals surface area contributed by atoms with E-state index in [-0.39, 0.29) is 17.2 Å². The summed E-state index contributed by atoms with van der Waals surface area (Å²) in [5, 5.41) is 14.3. The number of amides is 1. The van der Waals surface area contributed by atoms with Crippen molar-refractivity contribution in [3.05, 3.63) is 33.9 Å². The molecular weight excluding hydrogens is 304 g/mol. The number of rotatable bonds is 7. The highest BCUT2D eigenvalue weighted by atomic mass is 32.2. The number of carbonyl (C=O) groups excluding carboxylic acids is 1. The van der Waals surface area contributed by atoms with Gasteiger partial charge in [0.05, 0.1) is 17.6 Å². The molecule has 1 fully saturated rings. The van der Waals surface area contributed by atoms with E-state index < -0.39 is 4.92 Å². The summed E-state index contributed by atoms with van der Waals surface area (Å²) >= 11 is 1.89. The standard InChI is InChI=1S/C15H20N2O4S/c1-21-14-7-6-11(17(19)20)10-13(14)15(18)16-8-9-22-12-4-2-3-5-12/h6-7,10,12H,2-5,8-9H2,1H3,(H,16,18). The molecule has 1 saturated carbocycles. The monoisotopic (exact) mass is 324 g/mol. The van der Waals surface area contributed by atoms with Crippen LogP contribution < -0.4 is 10.1 Å². The van der Waals surface area contributed by atoms with Gasteiger partial charge < -0.3 is 10.1 Å². The van der Waals surface area contributed by atoms with E-state index in [0.717, 1.165) is 5.75 Å². The van der Waals surface area contributed by atoms with Crippen LogP contribution in [0.25, 0.3) is 0 Å². The fourth-order valence-electron chi connectivity index (χ4n) is 2.53. The van der Waals surface area contributed by atoms with Crippen molar-refractivity contribution in [3.8, 4) is 5.75 Å². The van der Waals surface area contributed by atoms with Crippen molar-refractivity contribution in [1.82, 2.24) is 5.32 Å². The van der Waals surface area contributed by atoms with Gasteiger partial charge in [0.2, 0.25) is 0 Å². The lowest BCUT2D eigenvalue weighted by Gasteiger charge is -2.11. The van der Waals surface area contributed by atoms with Crippen LogP contribution in [0.3, 0.4) is 0 Å². The van der Waals surface area contributed by atoms with Gasteiger partial charge in [0.25, 0.3) is 11.6 Å². The Balaban J connectivity index is 1.90. The number of nitrogens with one attached hydrogen (secondary N) is 1. The first-order valence-corrected chi connectivity index (χ1v) is 8.39. The summed E-state index contributed by atoms with van der Waals surface area (Å²) in [6.45, 7) is 0.547. The molecule has 0 aromatic heterocycles. The minimum absolute atomic E-state index is 0.119. The van der Waals surface area contributed by atoms with Gasteiger partial charge in [0.1, 0.15) is 5.75 Å². The lowest BCUT2D eigenvalue weighted by atomic mass is 10.1. The number of nitro groups is 1. The molecule has 1 aromatic carbocycles. The number of nitrogens with zero attached hydrogens (tertiary/aromatic N) is 1. The van der Waals surface area contributed by atoms with Gasteiger partial charge >= 0.3 is 0 Å². The third-order valence-electron chi connectivity index (χ3n) is 3.68. The van der Waals surface area contributed by atoms with Gasteiger partial charge in [-0.3, -0.25) is 14.9 Å². The molecule has 0 bridgehead atoms. The van der Waals surface area contributed by atoms with Gasteiger partial charge in [0, 0.05) is 29.7 Å². The second-order valence-corrected chi connectivity index (χ2v) is 6.58. The van der Waals surface area contributed by atoms with Crippen molar-refractivity contribution in [2.45, 2.75) is 30.9 Å². The Hall–Kier alpha value is -1.76. The van der Waals surface area contributed by atoms with Gasteiger partial charge in [-0.2, -0.15) is 11.8 Å². The van der Waals surface area contributed by atoms with Crippen LogP contribution >= 0.6 is 11.8 Å². The van der Waals surface area contributed by atoms with E-state index in [0.29, 0.717) is 17.5 Å². The van der Waals surface area contributed by atoms with Crippen LogP contribution in [0.2, 0.25) is 0 Å². The van der Waals surface area contributed by atoms with Crippen LogP contribution in [-0.4, -0.2) is 35.5 Å². The smallest absolute Gasteiger partial charge is 0.270 e. The van der Waals surface area contributed by atoms with Crippen LogP contribution in [0, 0.1) is 10.1 Å². The third kappa shape index (κ3) is 4.37. The maximum Gasteiger partial charge on any atom is 0.270 e. The predicted molar refractivity (Wildman–Crippen MR) is 86.7 cm³/mol. The number of benzene rings is 1. The first kappa shape index (κ1) is 16.6. The van der Waals surface area contributed by atoms with E-state index in [1.165, 1.54) is 51.0 Å². The van der Waals surface area contributed by atoms with Crippen molar-refractivity contribution < 1.29 is 14.5 Å². The van der Waals surface area contributed by atoms with Gasteiger partial charge in [-0.15, -0.1) is 0 Å². The Morgan fingerprint density at radius 1 is 1.45 bits per heavy atom. The van der Waals surface area contributed by atoms with Gasteiger partial charge in [-0.1, -0.05) is 12.8 Å². The van der Waals surface area contributed by atoms with Crippen LogP contribution in [-0.2, 0) is 0 Å². The zero-order valence-electron chi connectivity index (χ0n) is 12.5. The average Bonchev–Trinajstić information content (AvgIpc) is 3.04. The quantitative estimate of drug-likeness (QED) is 0.474. The van der Waals surface area contributed by atoms with Crippen LogP contribution in [0.4, 0.5) is 5.69 Å². The van der Waals surface area contributed by atoms with E-state index in [9.17, 15) is 14.9 Å². The largest absolute Gasteiger partial charge is 0.496 e. The first-order valence-electron chi connectivity index (χ1n) is 7.34. The predicted octanol–water partition coefficient (Wildman–Crippen LogP) is 3.01. The lowest BCUT2D eigenvalue weighted by Crippen LogP contribution is -2.26.